The first-order chi connectivity index (χ1) is 9.09. The molecule has 0 heterocycles. The molecule has 1 fully saturated rings. The number of carboxylic acid groups (broad SMARTS) is 1. The number of hydrogen-bond donors (Lipinski definition) is 1. The van der Waals surface area contributed by atoms with Crippen LogP contribution in [0.1, 0.15) is 45.4 Å². The van der Waals surface area contributed by atoms with Crippen LogP contribution in [0.5, 0.6) is 0 Å². The second kappa shape index (κ2) is 6.22. The van der Waals surface area contributed by atoms with Gasteiger partial charge in [0.1, 0.15) is 0 Å². The van der Waals surface area contributed by atoms with Gasteiger partial charge in [-0.3, -0.25) is 4.79 Å². The van der Waals surface area contributed by atoms with Gasteiger partial charge in [0, 0.05) is 23.8 Å². The molecule has 0 aromatic heterocycles. The quantitative estimate of drug-likeness (QED) is 0.774. The van der Waals surface area contributed by atoms with E-state index < -0.39 is 17.8 Å². The number of allylic oxidation sites excluding steroid dienone is 2. The number of aliphatic carboxylic acids is 1. The molecule has 0 aromatic carbocycles. The predicted octanol–water partition coefficient (Wildman–Crippen LogP) is 1.01. The van der Waals surface area contributed by atoms with Crippen LogP contribution in [-0.4, -0.2) is 17.9 Å². The van der Waals surface area contributed by atoms with Gasteiger partial charge in [0.25, 0.3) is 0 Å². The highest BCUT2D eigenvalue weighted by molar-refractivity contribution is 5.84. The van der Waals surface area contributed by atoms with Crippen LogP contribution in [0, 0.1) is 17.8 Å². The van der Waals surface area contributed by atoms with Gasteiger partial charge in [0.15, 0.2) is 0 Å². The Labute approximate surface area is 114 Å². The highest BCUT2D eigenvalue weighted by atomic mass is 16.4. The number of carboxylic acids is 1. The molecular formula is C15H22NO3-. The molecule has 1 N–H and O–H groups in total. The molecule has 4 heteroatoms. The molecule has 0 radical (unpaired) electrons. The summed E-state index contributed by atoms with van der Waals surface area (Å²) in [6.07, 6.45) is 9.14. The maximum Gasteiger partial charge on any atom is 0.224 e. The molecule has 2 rings (SSSR count). The van der Waals surface area contributed by atoms with E-state index in [1.165, 1.54) is 6.42 Å². The number of carbonyl (C=O) groups is 2. The van der Waals surface area contributed by atoms with Crippen LogP contribution in [0.2, 0.25) is 0 Å². The minimum absolute atomic E-state index is 0.114. The van der Waals surface area contributed by atoms with Crippen molar-refractivity contribution < 1.29 is 14.7 Å². The van der Waals surface area contributed by atoms with E-state index in [4.69, 9.17) is 0 Å². The minimum atomic E-state index is -1.11. The van der Waals surface area contributed by atoms with Crippen molar-refractivity contribution in [3.05, 3.63) is 12.2 Å². The van der Waals surface area contributed by atoms with Crippen molar-refractivity contribution in [1.29, 1.82) is 0 Å². The SMILES string of the molecule is C[C@@H]1CCCC[C@H]1NC(=O)[C@@H]1CC=CC[C@@H]1C(=O)[O-]. The summed E-state index contributed by atoms with van der Waals surface area (Å²) < 4.78 is 0. The lowest BCUT2D eigenvalue weighted by Crippen LogP contribution is -2.48. The fraction of sp³-hybridized carbons (Fsp3) is 0.733. The maximum absolute atomic E-state index is 12.3. The van der Waals surface area contributed by atoms with Crippen molar-refractivity contribution in [2.75, 3.05) is 0 Å². The molecule has 2 aliphatic rings. The Morgan fingerprint density at radius 2 is 1.74 bits per heavy atom. The first-order valence-corrected chi connectivity index (χ1v) is 7.26. The molecule has 106 valence electrons. The van der Waals surface area contributed by atoms with E-state index >= 15 is 0 Å². The van der Waals surface area contributed by atoms with Gasteiger partial charge in [-0.15, -0.1) is 0 Å². The third kappa shape index (κ3) is 3.37. The molecule has 0 saturated heterocycles. The zero-order valence-corrected chi connectivity index (χ0v) is 11.4. The summed E-state index contributed by atoms with van der Waals surface area (Å²) in [7, 11) is 0. The summed E-state index contributed by atoms with van der Waals surface area (Å²) in [6.45, 7) is 2.15. The van der Waals surface area contributed by atoms with Crippen molar-refractivity contribution in [1.82, 2.24) is 5.32 Å². The second-order valence-electron chi connectivity index (χ2n) is 5.85. The summed E-state index contributed by atoms with van der Waals surface area (Å²) in [5, 5.41) is 14.2. The average molecular weight is 264 g/mol. The molecule has 0 unspecified atom stereocenters. The Bertz CT molecular complexity index is 378. The fourth-order valence-corrected chi connectivity index (χ4v) is 3.18. The van der Waals surface area contributed by atoms with E-state index in [1.807, 2.05) is 12.2 Å². The van der Waals surface area contributed by atoms with Crippen LogP contribution in [-0.2, 0) is 9.59 Å². The average Bonchev–Trinajstić information content (AvgIpc) is 2.41. The Hall–Kier alpha value is -1.32. The molecule has 1 amide bonds. The summed E-state index contributed by atoms with van der Waals surface area (Å²) >= 11 is 0. The standard InChI is InChI=1S/C15H23NO3/c1-10-6-2-5-9-13(10)16-14(17)11-7-3-4-8-12(11)15(18)19/h3-4,10-13H,2,5-9H2,1H3,(H,16,17)(H,18,19)/p-1/t10-,11-,12+,13-/m1/s1. The van der Waals surface area contributed by atoms with Crippen LogP contribution in [0.15, 0.2) is 12.2 Å². The Morgan fingerprint density at radius 3 is 2.37 bits per heavy atom. The van der Waals surface area contributed by atoms with E-state index in [-0.39, 0.29) is 11.9 Å². The van der Waals surface area contributed by atoms with Crippen molar-refractivity contribution in [2.45, 2.75) is 51.5 Å². The highest BCUT2D eigenvalue weighted by Gasteiger charge is 2.32. The summed E-state index contributed by atoms with van der Waals surface area (Å²) in [5.41, 5.74) is 0. The van der Waals surface area contributed by atoms with Gasteiger partial charge in [0.05, 0.1) is 0 Å². The van der Waals surface area contributed by atoms with Crippen molar-refractivity contribution in [3.63, 3.8) is 0 Å². The molecule has 0 bridgehead atoms. The second-order valence-corrected chi connectivity index (χ2v) is 5.85. The van der Waals surface area contributed by atoms with E-state index in [0.29, 0.717) is 18.8 Å². The highest BCUT2D eigenvalue weighted by Crippen LogP contribution is 2.28. The van der Waals surface area contributed by atoms with E-state index in [2.05, 4.69) is 12.2 Å². The molecule has 4 nitrogen and oxygen atoms in total. The van der Waals surface area contributed by atoms with Crippen LogP contribution in [0.25, 0.3) is 0 Å². The largest absolute Gasteiger partial charge is 0.550 e. The van der Waals surface area contributed by atoms with Crippen molar-refractivity contribution in [3.8, 4) is 0 Å². The molecule has 0 aromatic rings. The van der Waals surface area contributed by atoms with E-state index in [9.17, 15) is 14.7 Å². The van der Waals surface area contributed by atoms with Gasteiger partial charge >= 0.3 is 0 Å². The maximum atomic E-state index is 12.3. The van der Waals surface area contributed by atoms with Crippen molar-refractivity contribution in [2.24, 2.45) is 17.8 Å². The molecule has 4 atom stereocenters. The zero-order valence-electron chi connectivity index (χ0n) is 11.4. The topological polar surface area (TPSA) is 69.2 Å². The molecule has 0 spiro atoms. The van der Waals surface area contributed by atoms with Gasteiger partial charge in [0.2, 0.25) is 5.91 Å². The van der Waals surface area contributed by atoms with Gasteiger partial charge in [-0.25, -0.2) is 0 Å². The lowest BCUT2D eigenvalue weighted by molar-refractivity contribution is -0.313. The number of carbonyl (C=O) groups excluding carboxylic acids is 2. The molecule has 0 aliphatic heterocycles. The lowest BCUT2D eigenvalue weighted by Gasteiger charge is -2.33. The first-order valence-electron chi connectivity index (χ1n) is 7.26. The van der Waals surface area contributed by atoms with Gasteiger partial charge in [-0.2, -0.15) is 0 Å². The molecule has 2 aliphatic carbocycles. The van der Waals surface area contributed by atoms with Crippen molar-refractivity contribution >= 4 is 11.9 Å². The van der Waals surface area contributed by atoms with Gasteiger partial charge < -0.3 is 15.2 Å². The zero-order chi connectivity index (χ0) is 13.8. The summed E-state index contributed by atoms with van der Waals surface area (Å²) in [6, 6.07) is 0.203. The number of rotatable bonds is 3. The van der Waals surface area contributed by atoms with Crippen LogP contribution in [0.3, 0.4) is 0 Å². The Morgan fingerprint density at radius 1 is 1.11 bits per heavy atom. The predicted molar refractivity (Wildman–Crippen MR) is 69.9 cm³/mol. The van der Waals surface area contributed by atoms with Crippen LogP contribution in [0.4, 0.5) is 0 Å². The van der Waals surface area contributed by atoms with E-state index in [0.717, 1.165) is 19.3 Å². The smallest absolute Gasteiger partial charge is 0.224 e. The Balaban J connectivity index is 1.97. The summed E-state index contributed by atoms with van der Waals surface area (Å²) in [5.74, 6) is -1.88. The number of amides is 1. The number of nitrogens with one attached hydrogen (secondary N) is 1. The minimum Gasteiger partial charge on any atom is -0.550 e. The van der Waals surface area contributed by atoms with Crippen LogP contribution < -0.4 is 10.4 Å². The third-order valence-corrected chi connectivity index (χ3v) is 4.51. The van der Waals surface area contributed by atoms with Gasteiger partial charge in [-0.05, 0) is 31.6 Å². The van der Waals surface area contributed by atoms with E-state index in [1.54, 1.807) is 0 Å². The first kappa shape index (κ1) is 14.1. The monoisotopic (exact) mass is 264 g/mol. The molecule has 19 heavy (non-hydrogen) atoms. The molecular weight excluding hydrogens is 242 g/mol. The lowest BCUT2D eigenvalue weighted by atomic mass is 9.81. The number of hydrogen-bond acceptors (Lipinski definition) is 3. The van der Waals surface area contributed by atoms with Gasteiger partial charge in [-0.1, -0.05) is 31.9 Å². The summed E-state index contributed by atoms with van der Waals surface area (Å²) in [4.78, 5) is 23.4. The normalized spacial score (nSPS) is 34.8. The fourth-order valence-electron chi connectivity index (χ4n) is 3.18. The molecule has 1 saturated carbocycles. The van der Waals surface area contributed by atoms with Crippen LogP contribution >= 0.6 is 0 Å². The Kier molecular flexibility index (Phi) is 4.61. The third-order valence-electron chi connectivity index (χ3n) is 4.51.